The number of carbonyl (C=O) groups excluding carboxylic acids is 1. The Hall–Kier alpha value is -5.64. The molecule has 2 aromatic rings. The minimum atomic E-state index is -4.77. The molecular weight excluding hydrogens is 803 g/mol. The Bertz CT molecular complexity index is 2320. The molecule has 2 aliphatic heterocycles. The topological polar surface area (TPSA) is 331 Å². The van der Waals surface area contributed by atoms with Gasteiger partial charge < -0.3 is 76.3 Å². The highest BCUT2D eigenvalue weighted by Gasteiger charge is 2.46. The van der Waals surface area contributed by atoms with Gasteiger partial charge in [-0.1, -0.05) is 6.07 Å². The number of rotatable bonds is 16. The number of carboxylic acids is 1. The number of aliphatic imine (C=N–C) groups is 1. The van der Waals surface area contributed by atoms with E-state index in [9.17, 15) is 49.4 Å². The number of aromatic hydroxyl groups is 1. The van der Waals surface area contributed by atoms with E-state index in [1.807, 2.05) is 0 Å². The molecule has 13 N–H and O–H groups in total. The lowest BCUT2D eigenvalue weighted by Crippen LogP contribution is -2.59. The first-order valence-corrected chi connectivity index (χ1v) is 19.4. The van der Waals surface area contributed by atoms with E-state index in [0.717, 1.165) is 13.0 Å². The van der Waals surface area contributed by atoms with Crippen LogP contribution in [0.3, 0.4) is 0 Å². The molecule has 6 atom stereocenters. The van der Waals surface area contributed by atoms with Gasteiger partial charge in [0.05, 0.1) is 44.1 Å². The molecule has 0 bridgehead atoms. The van der Waals surface area contributed by atoms with Crippen molar-refractivity contribution in [2.45, 2.75) is 37.3 Å². The van der Waals surface area contributed by atoms with Crippen LogP contribution in [0.25, 0.3) is 33.4 Å². The first-order valence-electron chi connectivity index (χ1n) is 17.4. The molecule has 58 heavy (non-hydrogen) atoms. The zero-order chi connectivity index (χ0) is 42.3. The summed E-state index contributed by atoms with van der Waals surface area (Å²) in [5, 5.41) is 59.2. The van der Waals surface area contributed by atoms with Crippen molar-refractivity contribution in [3.63, 3.8) is 0 Å². The van der Waals surface area contributed by atoms with Gasteiger partial charge in [-0.15, -0.1) is 0 Å². The van der Waals surface area contributed by atoms with Crippen molar-refractivity contribution in [1.82, 2.24) is 10.6 Å². The van der Waals surface area contributed by atoms with Crippen molar-refractivity contribution >= 4 is 59.4 Å². The molecule has 0 saturated carbocycles. The zero-order valence-electron chi connectivity index (χ0n) is 30.6. The van der Waals surface area contributed by atoms with Crippen LogP contribution in [0.2, 0.25) is 0 Å². The van der Waals surface area contributed by atoms with E-state index < -0.39 is 74.5 Å². The normalized spacial score (nSPS) is 18.6. The van der Waals surface area contributed by atoms with Crippen molar-refractivity contribution in [3.8, 4) is 28.2 Å². The smallest absolute Gasteiger partial charge is 0.392 e. The number of amides is 1. The lowest BCUT2D eigenvalue weighted by molar-refractivity contribution is -0.125. The third kappa shape index (κ3) is 10.4. The molecule has 0 radical (unpaired) electrons. The number of thiocarbonyl (C=S) groups is 1. The number of ether oxygens (including phenoxy) is 2. The summed E-state index contributed by atoms with van der Waals surface area (Å²) in [6.45, 7) is -0.163. The Labute approximate surface area is 334 Å². The Morgan fingerprint density at radius 3 is 2.48 bits per heavy atom. The van der Waals surface area contributed by atoms with Crippen molar-refractivity contribution in [1.29, 1.82) is 0 Å². The molecule has 0 saturated heterocycles. The lowest BCUT2D eigenvalue weighted by atomic mass is 9.90. The minimum absolute atomic E-state index is 0.0392. The number of phenols is 1. The van der Waals surface area contributed by atoms with Crippen molar-refractivity contribution in [2.24, 2.45) is 16.5 Å². The summed E-state index contributed by atoms with van der Waals surface area (Å²) in [6.07, 6.45) is -4.20. The average Bonchev–Trinajstić information content (AvgIpc) is 3.16. The van der Waals surface area contributed by atoms with Crippen LogP contribution in [0.5, 0.6) is 5.75 Å². The van der Waals surface area contributed by atoms with Gasteiger partial charge in [-0.3, -0.25) is 14.2 Å². The van der Waals surface area contributed by atoms with Gasteiger partial charge in [0.15, 0.2) is 22.6 Å². The first-order chi connectivity index (χ1) is 27.5. The van der Waals surface area contributed by atoms with Crippen LogP contribution < -0.4 is 32.8 Å². The monoisotopic (exact) mass is 844 g/mol. The number of aliphatic hydroxyl groups is 3. The SMILES string of the molecule is CC(=O)N[C@H]1C([C@H](O)[C@H](O)CO)OC(P(=O)(O)OCCOCCNC(=S)Nc2ccc(-c3c4ccc(=O)cc-4oc4cc(O)ccc34)c(C(=O)O)c2)=C[C@@H]1N=C(N)N. The highest BCUT2D eigenvalue weighted by atomic mass is 32.1. The highest BCUT2D eigenvalue weighted by Crippen LogP contribution is 2.53. The highest BCUT2D eigenvalue weighted by molar-refractivity contribution is 7.80. The second kappa shape index (κ2) is 18.7. The zero-order valence-corrected chi connectivity index (χ0v) is 32.3. The van der Waals surface area contributed by atoms with Gasteiger partial charge >= 0.3 is 13.6 Å². The second-order valence-corrected chi connectivity index (χ2v) is 15.0. The van der Waals surface area contributed by atoms with E-state index in [4.69, 9.17) is 42.1 Å². The van der Waals surface area contributed by atoms with Gasteiger partial charge in [0.1, 0.15) is 29.3 Å². The number of guanidine groups is 1. The molecule has 1 amide bonds. The van der Waals surface area contributed by atoms with Gasteiger partial charge in [-0.2, -0.15) is 0 Å². The molecule has 0 spiro atoms. The maximum absolute atomic E-state index is 13.2. The second-order valence-electron chi connectivity index (χ2n) is 12.8. The van der Waals surface area contributed by atoms with Gasteiger partial charge in [0.25, 0.3) is 0 Å². The Morgan fingerprint density at radius 1 is 1.05 bits per heavy atom. The van der Waals surface area contributed by atoms with Crippen LogP contribution in [0, 0.1) is 0 Å². The predicted molar refractivity (Wildman–Crippen MR) is 213 cm³/mol. The summed E-state index contributed by atoms with van der Waals surface area (Å²) in [7, 11) is -4.77. The molecule has 2 unspecified atom stereocenters. The number of carboxylic acid groups (broad SMARTS) is 1. The van der Waals surface area contributed by atoms with E-state index >= 15 is 0 Å². The molecule has 2 aromatic carbocycles. The first kappa shape index (κ1) is 43.5. The third-order valence-corrected chi connectivity index (χ3v) is 10.2. The number of nitrogens with zero attached hydrogens (tertiary/aromatic N) is 1. The van der Waals surface area contributed by atoms with Gasteiger partial charge in [-0.05, 0) is 60.3 Å². The number of fused-ring (bicyclic) bond motifs is 2. The number of aromatic carboxylic acids is 1. The quantitative estimate of drug-likeness (QED) is 0.0183. The number of nitrogens with one attached hydrogen (secondary N) is 3. The Morgan fingerprint density at radius 2 is 1.79 bits per heavy atom. The predicted octanol–water partition coefficient (Wildman–Crippen LogP) is 0.575. The Kier molecular flexibility index (Phi) is 14.1. The third-order valence-electron chi connectivity index (χ3n) is 8.64. The summed E-state index contributed by atoms with van der Waals surface area (Å²) in [6, 6.07) is 10.7. The van der Waals surface area contributed by atoms with Gasteiger partial charge in [-0.25, -0.2) is 9.79 Å². The molecule has 20 nitrogen and oxygen atoms in total. The van der Waals surface area contributed by atoms with Crippen LogP contribution in [0.15, 0.2) is 80.4 Å². The number of phenolic OH excluding ortho intramolecular Hbond substituents is 1. The van der Waals surface area contributed by atoms with Crippen molar-refractivity contribution < 1.29 is 63.0 Å². The molecule has 2 heterocycles. The number of carbonyl (C=O) groups is 2. The summed E-state index contributed by atoms with van der Waals surface area (Å²) >= 11 is 5.36. The fraction of sp³-hybridized carbons (Fsp3) is 0.306. The summed E-state index contributed by atoms with van der Waals surface area (Å²) < 4.78 is 35.2. The number of anilines is 1. The van der Waals surface area contributed by atoms with Gasteiger partial charge in [0, 0.05) is 47.8 Å². The largest absolute Gasteiger partial charge is 0.508 e. The fourth-order valence-corrected chi connectivity index (χ4v) is 7.39. The van der Waals surface area contributed by atoms with E-state index in [1.165, 1.54) is 30.3 Å². The number of hydrogen-bond acceptors (Lipinski definition) is 14. The van der Waals surface area contributed by atoms with Crippen LogP contribution >= 0.6 is 19.8 Å². The standard InChI is InChI=1S/C36H41N6O14PS/c1-17(44)40-31-25(42-35(37)38)15-29(56-33(31)32(48)26(47)16-43)57(51,52)54-11-10-53-9-8-39-36(58)41-18-2-5-21(24(12-18)34(49)50)30-22-6-3-19(45)13-27(22)55-28-14-20(46)4-7-23(28)30/h2-7,12-15,25-26,31-33,43,45,47-48H,8-11,16H2,1H3,(H,40,44)(H,49,50)(H,51,52)(H4,37,38,42)(H2,39,41,58)/t25-,26+,31+,32+,33?/m0/s1. The lowest BCUT2D eigenvalue weighted by Gasteiger charge is -2.39. The van der Waals surface area contributed by atoms with E-state index in [0.29, 0.717) is 27.8 Å². The summed E-state index contributed by atoms with van der Waals surface area (Å²) in [5.41, 5.74) is 11.8. The number of benzene rings is 3. The van der Waals surface area contributed by atoms with E-state index in [1.54, 1.807) is 24.3 Å². The van der Waals surface area contributed by atoms with Crippen molar-refractivity contribution in [2.75, 3.05) is 38.3 Å². The molecule has 5 rings (SSSR count). The van der Waals surface area contributed by atoms with Crippen LogP contribution in [-0.2, 0) is 23.4 Å². The maximum Gasteiger partial charge on any atom is 0.392 e. The summed E-state index contributed by atoms with van der Waals surface area (Å²) in [4.78, 5) is 51.2. The van der Waals surface area contributed by atoms with Crippen LogP contribution in [-0.4, -0.2) is 117 Å². The molecule has 1 aliphatic carbocycles. The minimum Gasteiger partial charge on any atom is -0.508 e. The van der Waals surface area contributed by atoms with Crippen LogP contribution in [0.1, 0.15) is 17.3 Å². The molecular formula is C36H41N6O14PS. The van der Waals surface area contributed by atoms with E-state index in [-0.39, 0.29) is 53.0 Å². The maximum atomic E-state index is 13.2. The van der Waals surface area contributed by atoms with Crippen molar-refractivity contribution in [3.05, 3.63) is 82.0 Å². The number of hydrogen-bond donors (Lipinski definition) is 11. The van der Waals surface area contributed by atoms with E-state index in [2.05, 4.69) is 20.9 Å². The summed E-state index contributed by atoms with van der Waals surface area (Å²) in [5.74, 6) is -2.17. The number of nitrogens with two attached hydrogens (primary N) is 2. The number of aliphatic hydroxyl groups excluding tert-OH is 3. The molecule has 0 aromatic heterocycles. The molecule has 0 fully saturated rings. The Balaban J connectivity index is 1.18. The van der Waals surface area contributed by atoms with Crippen LogP contribution in [0.4, 0.5) is 5.69 Å². The average molecular weight is 845 g/mol. The molecule has 3 aliphatic rings. The fourth-order valence-electron chi connectivity index (χ4n) is 6.12. The molecule has 310 valence electrons. The molecule has 22 heteroatoms. The van der Waals surface area contributed by atoms with Gasteiger partial charge in [0.2, 0.25) is 11.4 Å².